The van der Waals surface area contributed by atoms with Crippen LogP contribution in [0.3, 0.4) is 0 Å². The van der Waals surface area contributed by atoms with E-state index in [1.807, 2.05) is 44.6 Å². The lowest BCUT2D eigenvalue weighted by molar-refractivity contribution is -0.102. The van der Waals surface area contributed by atoms with Crippen LogP contribution in [0.5, 0.6) is 0 Å². The first-order chi connectivity index (χ1) is 19.4. The van der Waals surface area contributed by atoms with Crippen molar-refractivity contribution in [2.75, 3.05) is 0 Å². The molecule has 3 aromatic rings. The summed E-state index contributed by atoms with van der Waals surface area (Å²) in [6.45, 7) is 20.4. The van der Waals surface area contributed by atoms with Crippen molar-refractivity contribution in [1.82, 2.24) is 29.3 Å². The van der Waals surface area contributed by atoms with Crippen LogP contribution in [0, 0.1) is 26.7 Å². The van der Waals surface area contributed by atoms with Gasteiger partial charge in [0.1, 0.15) is 11.4 Å². The number of alkyl halides is 6. The topological polar surface area (TPSA) is 53.5 Å². The van der Waals surface area contributed by atoms with Crippen LogP contribution in [0.4, 0.5) is 26.3 Å². The molecule has 2 atom stereocenters. The minimum atomic E-state index is -3.24. The minimum absolute atomic E-state index is 0. The Hall–Kier alpha value is -2.79. The molecule has 0 spiro atoms. The lowest BCUT2D eigenvalue weighted by Crippen LogP contribution is -2.36. The molecule has 3 aliphatic rings. The largest absolute Gasteiger partial charge is 0.293 e. The summed E-state index contributed by atoms with van der Waals surface area (Å²) in [5.41, 5.74) is 1.04. The number of halogens is 6. The molecule has 1 fully saturated rings. The Bertz CT molecular complexity index is 1490. The van der Waals surface area contributed by atoms with E-state index in [0.717, 1.165) is 21.6 Å². The van der Waals surface area contributed by atoms with Gasteiger partial charge >= 0.3 is 0 Å². The third-order valence-corrected chi connectivity index (χ3v) is 8.13. The van der Waals surface area contributed by atoms with Crippen molar-refractivity contribution in [2.24, 2.45) is 5.92 Å². The van der Waals surface area contributed by atoms with E-state index >= 15 is 0 Å². The molecule has 242 valence electrons. The van der Waals surface area contributed by atoms with E-state index in [1.165, 1.54) is 11.6 Å². The van der Waals surface area contributed by atoms with Crippen molar-refractivity contribution in [3.8, 4) is 0 Å². The Morgan fingerprint density at radius 3 is 1.86 bits per heavy atom. The standard InChI is InChI=1S/C12H16F4N2.C11H14F2N2.C8H14N2.H2/c1-7-8-9(18(17-7)10(2,3)4)12(15,16)6-5-11(8,13)14;1-5(2)15-10-9(6(3)14-15)7-4-8(7)11(10,12)13;1-7-5-6-10(9-7)8(2,3)4;/h5-6H2,1-4H3;5,7-8H,4H2,1-3H3;5-6H,1-4H3;1H/i;;;1+1. The predicted molar refractivity (Wildman–Crippen MR) is 155 cm³/mol. The second-order valence-corrected chi connectivity index (χ2v) is 14.3. The maximum Gasteiger partial charge on any atom is 0.293 e. The molecule has 12 heteroatoms. The molecule has 3 aliphatic carbocycles. The van der Waals surface area contributed by atoms with E-state index in [2.05, 4.69) is 36.1 Å². The minimum Gasteiger partial charge on any atom is -0.267 e. The summed E-state index contributed by atoms with van der Waals surface area (Å²) in [6, 6.07) is 2.03. The van der Waals surface area contributed by atoms with Crippen LogP contribution in [0.2, 0.25) is 0 Å². The van der Waals surface area contributed by atoms with Gasteiger partial charge in [-0.2, -0.15) is 32.9 Å². The zero-order valence-corrected chi connectivity index (χ0v) is 27.0. The fourth-order valence-corrected chi connectivity index (χ4v) is 5.93. The van der Waals surface area contributed by atoms with Crippen molar-refractivity contribution in [3.05, 3.63) is 51.9 Å². The molecular formula is C31H46F6N6. The first kappa shape index (κ1) is 33.1. The van der Waals surface area contributed by atoms with Gasteiger partial charge in [-0.25, -0.2) is 8.78 Å². The summed E-state index contributed by atoms with van der Waals surface area (Å²) in [4.78, 5) is 0. The van der Waals surface area contributed by atoms with Crippen LogP contribution in [-0.4, -0.2) is 29.3 Å². The van der Waals surface area contributed by atoms with E-state index < -0.39 is 53.3 Å². The van der Waals surface area contributed by atoms with Crippen molar-refractivity contribution in [1.29, 1.82) is 0 Å². The fraction of sp³-hybridized carbons (Fsp3) is 0.710. The van der Waals surface area contributed by atoms with Gasteiger partial charge in [-0.3, -0.25) is 14.0 Å². The fourth-order valence-electron chi connectivity index (χ4n) is 5.93. The summed E-state index contributed by atoms with van der Waals surface area (Å²) >= 11 is 0. The van der Waals surface area contributed by atoms with Gasteiger partial charge in [-0.1, -0.05) is 0 Å². The summed E-state index contributed by atoms with van der Waals surface area (Å²) < 4.78 is 88.0. The molecule has 3 heterocycles. The van der Waals surface area contributed by atoms with Crippen LogP contribution in [0.25, 0.3) is 0 Å². The molecule has 2 unspecified atom stereocenters. The molecule has 0 aromatic carbocycles. The number of fused-ring (bicyclic) bond motifs is 4. The van der Waals surface area contributed by atoms with Crippen molar-refractivity contribution in [3.63, 3.8) is 0 Å². The van der Waals surface area contributed by atoms with Crippen molar-refractivity contribution in [2.45, 2.75) is 136 Å². The summed E-state index contributed by atoms with van der Waals surface area (Å²) in [5, 5.41) is 12.5. The van der Waals surface area contributed by atoms with E-state index in [1.54, 1.807) is 20.8 Å². The molecule has 0 radical (unpaired) electrons. The molecule has 1 saturated carbocycles. The molecule has 0 saturated heterocycles. The zero-order valence-electron chi connectivity index (χ0n) is 27.0. The molecule has 0 bridgehead atoms. The van der Waals surface area contributed by atoms with E-state index in [0.29, 0.717) is 6.42 Å². The molecule has 43 heavy (non-hydrogen) atoms. The van der Waals surface area contributed by atoms with Crippen LogP contribution < -0.4 is 0 Å². The Balaban J connectivity index is 0.000000185. The number of hydrogen-bond acceptors (Lipinski definition) is 3. The first-order valence-corrected chi connectivity index (χ1v) is 14.8. The second-order valence-electron chi connectivity index (χ2n) is 14.3. The monoisotopic (exact) mass is 617 g/mol. The highest BCUT2D eigenvalue weighted by atomic mass is 19.3. The Kier molecular flexibility index (Phi) is 8.00. The Labute approximate surface area is 251 Å². The molecular weight excluding hydrogens is 570 g/mol. The molecule has 0 aliphatic heterocycles. The number of rotatable bonds is 1. The zero-order chi connectivity index (χ0) is 32.7. The Morgan fingerprint density at radius 2 is 1.40 bits per heavy atom. The number of nitrogens with zero attached hydrogens (tertiary/aromatic N) is 6. The quantitative estimate of drug-likeness (QED) is 0.256. The summed E-state index contributed by atoms with van der Waals surface area (Å²) in [6.07, 6.45) is 0.984. The second kappa shape index (κ2) is 10.4. The molecule has 6 rings (SSSR count). The van der Waals surface area contributed by atoms with Crippen LogP contribution in [0.1, 0.15) is 128 Å². The first-order valence-electron chi connectivity index (χ1n) is 14.8. The van der Waals surface area contributed by atoms with E-state index in [-0.39, 0.29) is 30.3 Å². The number of aromatic nitrogens is 6. The third-order valence-electron chi connectivity index (χ3n) is 8.13. The van der Waals surface area contributed by atoms with Gasteiger partial charge in [0, 0.05) is 38.0 Å². The van der Waals surface area contributed by atoms with Gasteiger partial charge in [0.25, 0.3) is 17.8 Å². The average Bonchev–Trinajstić information content (AvgIpc) is 3.10. The van der Waals surface area contributed by atoms with Crippen molar-refractivity contribution >= 4 is 0 Å². The van der Waals surface area contributed by atoms with Gasteiger partial charge in [0.15, 0.2) is 0 Å². The molecule has 0 N–H and O–H groups in total. The smallest absolute Gasteiger partial charge is 0.267 e. The number of hydrogen-bond donors (Lipinski definition) is 0. The number of aryl methyl sites for hydroxylation is 3. The van der Waals surface area contributed by atoms with Crippen LogP contribution >= 0.6 is 0 Å². The average molecular weight is 618 g/mol. The highest BCUT2D eigenvalue weighted by molar-refractivity contribution is 5.45. The van der Waals surface area contributed by atoms with Crippen molar-refractivity contribution < 1.29 is 27.8 Å². The lowest BCUT2D eigenvalue weighted by Gasteiger charge is -2.32. The highest BCUT2D eigenvalue weighted by Crippen LogP contribution is 2.67. The molecule has 0 amide bonds. The maximum absolute atomic E-state index is 14.0. The SMILES string of the molecule is Cc1ccn(C(C)(C)C)n1.Cc1nn(C(C)(C)C)c2c1C(F)(F)CCC2(F)F.Cc1nn(C(C)C)c2c1C1CC1C2(F)F.[2HH]. The van der Waals surface area contributed by atoms with Gasteiger partial charge < -0.3 is 0 Å². The van der Waals surface area contributed by atoms with Crippen LogP contribution in [-0.2, 0) is 28.8 Å². The Morgan fingerprint density at radius 1 is 0.814 bits per heavy atom. The summed E-state index contributed by atoms with van der Waals surface area (Å²) in [7, 11) is 0. The summed E-state index contributed by atoms with van der Waals surface area (Å²) in [5.74, 6) is -9.46. The molecule has 6 nitrogen and oxygen atoms in total. The van der Waals surface area contributed by atoms with Gasteiger partial charge in [-0.15, -0.1) is 0 Å². The van der Waals surface area contributed by atoms with Gasteiger partial charge in [0.2, 0.25) is 0 Å². The van der Waals surface area contributed by atoms with Gasteiger partial charge in [0.05, 0.1) is 33.7 Å². The van der Waals surface area contributed by atoms with Gasteiger partial charge in [-0.05, 0) is 94.6 Å². The lowest BCUT2D eigenvalue weighted by atomic mass is 9.88. The normalized spacial score (nSPS) is 22.6. The maximum atomic E-state index is 14.0. The highest BCUT2D eigenvalue weighted by Gasteiger charge is 2.66. The predicted octanol–water partition coefficient (Wildman–Crippen LogP) is 9.10. The third kappa shape index (κ3) is 5.99. The van der Waals surface area contributed by atoms with E-state index in [9.17, 15) is 26.3 Å². The van der Waals surface area contributed by atoms with E-state index in [4.69, 9.17) is 0 Å². The molecule has 3 aromatic heterocycles. The van der Waals surface area contributed by atoms with Crippen LogP contribution in [0.15, 0.2) is 12.3 Å².